The lowest BCUT2D eigenvalue weighted by molar-refractivity contribution is -0.903. The fourth-order valence-electron chi connectivity index (χ4n) is 2.54. The van der Waals surface area contributed by atoms with Crippen molar-refractivity contribution in [3.63, 3.8) is 0 Å². The number of ketones is 1. The van der Waals surface area contributed by atoms with Crippen LogP contribution in [-0.2, 0) is 4.74 Å². The number of benzene rings is 1. The Hall–Kier alpha value is -1.59. The Morgan fingerprint density at radius 2 is 1.86 bits per heavy atom. The number of ether oxygens (including phenoxy) is 1. The average molecular weight is 326 g/mol. The van der Waals surface area contributed by atoms with Crippen LogP contribution in [-0.4, -0.2) is 56.1 Å². The van der Waals surface area contributed by atoms with Crippen molar-refractivity contribution in [1.29, 1.82) is 0 Å². The van der Waals surface area contributed by atoms with E-state index in [0.29, 0.717) is 36.7 Å². The Balaban J connectivity index is 1.73. The van der Waals surface area contributed by atoms with Gasteiger partial charge in [-0.1, -0.05) is 11.6 Å². The van der Waals surface area contributed by atoms with E-state index in [1.165, 1.54) is 4.90 Å². The van der Waals surface area contributed by atoms with Gasteiger partial charge in [-0.3, -0.25) is 9.69 Å². The number of Topliss-reactive ketones (excluding diaryl/α,β-unsaturated/α-hetero) is 1. The molecule has 1 aromatic carbocycles. The number of amides is 1. The number of halogens is 1. The molecule has 0 saturated carbocycles. The highest BCUT2D eigenvalue weighted by Gasteiger charge is 2.24. The third kappa shape index (κ3) is 4.71. The molecule has 2 rings (SSSR count). The van der Waals surface area contributed by atoms with Gasteiger partial charge in [0.25, 0.3) is 0 Å². The van der Waals surface area contributed by atoms with Gasteiger partial charge in [-0.25, -0.2) is 4.79 Å². The molecule has 0 aromatic heterocycles. The van der Waals surface area contributed by atoms with Crippen molar-refractivity contribution in [2.24, 2.45) is 0 Å². The average Bonchev–Trinajstić information content (AvgIpc) is 2.54. The SMILES string of the molecule is CCOC(=O)N1CC[NH+](CCC(=O)c2ccc(Cl)cc2)CC1. The van der Waals surface area contributed by atoms with Crippen LogP contribution in [0, 0.1) is 0 Å². The summed E-state index contributed by atoms with van der Waals surface area (Å²) in [6, 6.07) is 7.00. The first-order chi connectivity index (χ1) is 10.6. The summed E-state index contributed by atoms with van der Waals surface area (Å²) in [4.78, 5) is 26.8. The molecule has 1 heterocycles. The van der Waals surface area contributed by atoms with Crippen molar-refractivity contribution < 1.29 is 19.2 Å². The van der Waals surface area contributed by atoms with Crippen LogP contribution in [0.4, 0.5) is 4.79 Å². The van der Waals surface area contributed by atoms with E-state index >= 15 is 0 Å². The molecule has 0 radical (unpaired) electrons. The van der Waals surface area contributed by atoms with Crippen LogP contribution >= 0.6 is 11.6 Å². The summed E-state index contributed by atoms with van der Waals surface area (Å²) >= 11 is 5.82. The monoisotopic (exact) mass is 325 g/mol. The number of quaternary nitrogens is 1. The van der Waals surface area contributed by atoms with Gasteiger partial charge in [0.1, 0.15) is 0 Å². The molecule has 0 unspecified atom stereocenters. The highest BCUT2D eigenvalue weighted by Crippen LogP contribution is 2.10. The van der Waals surface area contributed by atoms with E-state index < -0.39 is 0 Å². The lowest BCUT2D eigenvalue weighted by Gasteiger charge is -2.31. The molecule has 1 aliphatic heterocycles. The lowest BCUT2D eigenvalue weighted by atomic mass is 10.1. The number of nitrogens with one attached hydrogen (secondary N) is 1. The van der Waals surface area contributed by atoms with E-state index in [2.05, 4.69) is 0 Å². The zero-order chi connectivity index (χ0) is 15.9. The maximum Gasteiger partial charge on any atom is 0.410 e. The molecule has 22 heavy (non-hydrogen) atoms. The maximum absolute atomic E-state index is 12.1. The zero-order valence-electron chi connectivity index (χ0n) is 12.8. The Kier molecular flexibility index (Phi) is 6.21. The van der Waals surface area contributed by atoms with Gasteiger partial charge in [0.15, 0.2) is 5.78 Å². The van der Waals surface area contributed by atoms with E-state index in [9.17, 15) is 9.59 Å². The highest BCUT2D eigenvalue weighted by atomic mass is 35.5. The molecule has 6 heteroatoms. The normalized spacial score (nSPS) is 15.6. The Bertz CT molecular complexity index is 511. The first-order valence-corrected chi connectivity index (χ1v) is 8.02. The fraction of sp³-hybridized carbons (Fsp3) is 0.500. The predicted molar refractivity (Wildman–Crippen MR) is 84.6 cm³/mol. The van der Waals surface area contributed by atoms with Crippen LogP contribution in [0.1, 0.15) is 23.7 Å². The van der Waals surface area contributed by atoms with E-state index in [-0.39, 0.29) is 11.9 Å². The second-order valence-corrected chi connectivity index (χ2v) is 5.80. The number of piperazine rings is 1. The second kappa shape index (κ2) is 8.15. The molecular weight excluding hydrogens is 304 g/mol. The van der Waals surface area contributed by atoms with Crippen LogP contribution in [0.25, 0.3) is 0 Å². The molecule has 0 spiro atoms. The quantitative estimate of drug-likeness (QED) is 0.830. The zero-order valence-corrected chi connectivity index (χ0v) is 13.6. The summed E-state index contributed by atoms with van der Waals surface area (Å²) in [6.07, 6.45) is 0.273. The molecule has 1 aromatic rings. The van der Waals surface area contributed by atoms with Crippen LogP contribution in [0.3, 0.4) is 0 Å². The van der Waals surface area contributed by atoms with E-state index in [0.717, 1.165) is 19.6 Å². The van der Waals surface area contributed by atoms with Crippen molar-refractivity contribution in [3.8, 4) is 0 Å². The number of rotatable bonds is 5. The van der Waals surface area contributed by atoms with Crippen molar-refractivity contribution in [1.82, 2.24) is 4.90 Å². The topological polar surface area (TPSA) is 51.0 Å². The number of hydrogen-bond acceptors (Lipinski definition) is 3. The summed E-state index contributed by atoms with van der Waals surface area (Å²) in [5.41, 5.74) is 0.703. The van der Waals surface area contributed by atoms with Crippen LogP contribution in [0.15, 0.2) is 24.3 Å². The smallest absolute Gasteiger partial charge is 0.410 e. The Labute approximate surface area is 135 Å². The lowest BCUT2D eigenvalue weighted by Crippen LogP contribution is -3.14. The van der Waals surface area contributed by atoms with Gasteiger partial charge < -0.3 is 9.64 Å². The van der Waals surface area contributed by atoms with Crippen LogP contribution < -0.4 is 4.90 Å². The van der Waals surface area contributed by atoms with Gasteiger partial charge in [-0.05, 0) is 31.2 Å². The first kappa shape index (κ1) is 16.8. The molecule has 0 bridgehead atoms. The molecule has 0 aliphatic carbocycles. The molecule has 1 N–H and O–H groups in total. The van der Waals surface area contributed by atoms with Crippen molar-refractivity contribution >= 4 is 23.5 Å². The minimum Gasteiger partial charge on any atom is -0.450 e. The number of nitrogens with zero attached hydrogens (tertiary/aromatic N) is 1. The van der Waals surface area contributed by atoms with Gasteiger partial charge >= 0.3 is 6.09 Å². The Morgan fingerprint density at radius 1 is 1.23 bits per heavy atom. The van der Waals surface area contributed by atoms with Crippen molar-refractivity contribution in [2.45, 2.75) is 13.3 Å². The third-order valence-electron chi connectivity index (χ3n) is 3.87. The minimum absolute atomic E-state index is 0.136. The standard InChI is InChI=1S/C16H21ClN2O3/c1-2-22-16(21)19-11-9-18(10-12-19)8-7-15(20)13-3-5-14(17)6-4-13/h3-6H,2,7-12H2,1H3/p+1. The minimum atomic E-state index is -0.237. The largest absolute Gasteiger partial charge is 0.450 e. The molecule has 1 saturated heterocycles. The van der Waals surface area contributed by atoms with Gasteiger partial charge in [-0.15, -0.1) is 0 Å². The fourth-order valence-corrected chi connectivity index (χ4v) is 2.67. The van der Waals surface area contributed by atoms with Gasteiger partial charge in [0.2, 0.25) is 0 Å². The van der Waals surface area contributed by atoms with Crippen LogP contribution in [0.2, 0.25) is 5.02 Å². The summed E-state index contributed by atoms with van der Waals surface area (Å²) in [6.45, 7) is 6.08. The van der Waals surface area contributed by atoms with Gasteiger partial charge in [0.05, 0.1) is 45.8 Å². The Morgan fingerprint density at radius 3 is 2.45 bits per heavy atom. The number of hydrogen-bond donors (Lipinski definition) is 1. The molecule has 120 valence electrons. The van der Waals surface area contributed by atoms with E-state index in [4.69, 9.17) is 16.3 Å². The van der Waals surface area contributed by atoms with Gasteiger partial charge in [-0.2, -0.15) is 0 Å². The maximum atomic E-state index is 12.1. The number of carbonyl (C=O) groups excluding carboxylic acids is 2. The van der Waals surface area contributed by atoms with Crippen molar-refractivity contribution in [2.75, 3.05) is 39.3 Å². The molecule has 0 atom stereocenters. The third-order valence-corrected chi connectivity index (χ3v) is 4.12. The predicted octanol–water partition coefficient (Wildman–Crippen LogP) is 1.27. The first-order valence-electron chi connectivity index (χ1n) is 7.64. The molecule has 5 nitrogen and oxygen atoms in total. The molecule has 1 fully saturated rings. The van der Waals surface area contributed by atoms with Gasteiger partial charge in [0, 0.05) is 10.6 Å². The summed E-state index contributed by atoms with van der Waals surface area (Å²) < 4.78 is 5.00. The van der Waals surface area contributed by atoms with E-state index in [1.807, 2.05) is 6.92 Å². The van der Waals surface area contributed by atoms with E-state index in [1.54, 1.807) is 29.2 Å². The summed E-state index contributed by atoms with van der Waals surface area (Å²) in [5, 5.41) is 0.636. The molecule has 1 amide bonds. The number of carbonyl (C=O) groups is 2. The molecule has 1 aliphatic rings. The second-order valence-electron chi connectivity index (χ2n) is 5.37. The molecular formula is C16H22ClN2O3+. The highest BCUT2D eigenvalue weighted by molar-refractivity contribution is 6.30. The van der Waals surface area contributed by atoms with Crippen LogP contribution in [0.5, 0.6) is 0 Å². The summed E-state index contributed by atoms with van der Waals surface area (Å²) in [7, 11) is 0. The summed E-state index contributed by atoms with van der Waals surface area (Å²) in [5.74, 6) is 0.136. The van der Waals surface area contributed by atoms with Crippen molar-refractivity contribution in [3.05, 3.63) is 34.9 Å².